The molecule has 2 aromatic carbocycles. The molecule has 0 spiro atoms. The van der Waals surface area contributed by atoms with E-state index in [2.05, 4.69) is 4.99 Å². The van der Waals surface area contributed by atoms with E-state index in [9.17, 15) is 14.0 Å². The molecule has 0 radical (unpaired) electrons. The number of rotatable bonds is 6. The van der Waals surface area contributed by atoms with Gasteiger partial charge in [0.05, 0.1) is 39.6 Å². The zero-order valence-corrected chi connectivity index (χ0v) is 21.2. The Hall–Kier alpha value is -3.23. The van der Waals surface area contributed by atoms with Gasteiger partial charge in [-0.05, 0) is 63.6 Å². The Labute approximate surface area is 210 Å². The Morgan fingerprint density at radius 1 is 1.26 bits per heavy atom. The first-order valence-corrected chi connectivity index (χ1v) is 12.3. The maximum Gasteiger partial charge on any atom is 0.338 e. The van der Waals surface area contributed by atoms with Crippen molar-refractivity contribution in [2.45, 2.75) is 39.8 Å². The number of aromatic nitrogens is 1. The van der Waals surface area contributed by atoms with Crippen molar-refractivity contribution >= 4 is 35.0 Å². The minimum atomic E-state index is -0.772. The standard InChI is InChI=1S/C26H24ClFN2O4S/c1-5-33-17-11-9-16(10-12-17)23-22(25(32)34-14(2)3)15(4)29-26-30(23)24(31)21(35-26)13-18-19(27)7-6-8-20(18)28/h6-14,23H,5H2,1-4H3. The number of hydrogen-bond acceptors (Lipinski definition) is 6. The summed E-state index contributed by atoms with van der Waals surface area (Å²) in [5.74, 6) is -0.416. The zero-order chi connectivity index (χ0) is 25.3. The molecule has 9 heteroatoms. The van der Waals surface area contributed by atoms with E-state index in [4.69, 9.17) is 21.1 Å². The molecule has 0 saturated carbocycles. The van der Waals surface area contributed by atoms with Gasteiger partial charge in [-0.15, -0.1) is 0 Å². The van der Waals surface area contributed by atoms with Crippen LogP contribution < -0.4 is 19.6 Å². The van der Waals surface area contributed by atoms with Crippen molar-refractivity contribution in [3.63, 3.8) is 0 Å². The first-order valence-electron chi connectivity index (χ1n) is 11.1. The van der Waals surface area contributed by atoms with Crippen LogP contribution in [0.2, 0.25) is 5.02 Å². The molecule has 1 unspecified atom stereocenters. The summed E-state index contributed by atoms with van der Waals surface area (Å²) in [6.07, 6.45) is 1.07. The summed E-state index contributed by atoms with van der Waals surface area (Å²) in [7, 11) is 0. The Morgan fingerprint density at radius 3 is 2.60 bits per heavy atom. The summed E-state index contributed by atoms with van der Waals surface area (Å²) in [6.45, 7) is 7.63. The van der Waals surface area contributed by atoms with Crippen molar-refractivity contribution in [1.82, 2.24) is 4.57 Å². The molecule has 2 heterocycles. The molecule has 3 aromatic rings. The molecule has 1 aliphatic rings. The highest BCUT2D eigenvalue weighted by molar-refractivity contribution is 7.07. The first kappa shape index (κ1) is 24.9. The third-order valence-electron chi connectivity index (χ3n) is 5.37. The SMILES string of the molecule is CCOc1ccc(C2C(C(=O)OC(C)C)=C(C)N=c3sc(=Cc4c(F)cccc4Cl)c(=O)n32)cc1. The summed E-state index contributed by atoms with van der Waals surface area (Å²) in [4.78, 5) is 31.7. The van der Waals surface area contributed by atoms with E-state index < -0.39 is 23.4 Å². The van der Waals surface area contributed by atoms with Gasteiger partial charge in [-0.3, -0.25) is 9.36 Å². The molecule has 0 fully saturated rings. The average molecular weight is 515 g/mol. The molecule has 0 bridgehead atoms. The molecule has 6 nitrogen and oxygen atoms in total. The van der Waals surface area contributed by atoms with Crippen LogP contribution >= 0.6 is 22.9 Å². The predicted octanol–water partition coefficient (Wildman–Crippen LogP) is 4.38. The van der Waals surface area contributed by atoms with Gasteiger partial charge in [0.15, 0.2) is 4.80 Å². The van der Waals surface area contributed by atoms with E-state index in [-0.39, 0.29) is 26.8 Å². The van der Waals surface area contributed by atoms with Crippen LogP contribution in [-0.2, 0) is 9.53 Å². The van der Waals surface area contributed by atoms with E-state index >= 15 is 0 Å². The highest BCUT2D eigenvalue weighted by Gasteiger charge is 2.33. The Kier molecular flexibility index (Phi) is 7.23. The molecule has 0 aliphatic carbocycles. The molecule has 0 N–H and O–H groups in total. The molecule has 4 rings (SSSR count). The van der Waals surface area contributed by atoms with E-state index in [0.717, 1.165) is 11.3 Å². The van der Waals surface area contributed by atoms with Crippen LogP contribution in [0.1, 0.15) is 44.9 Å². The fourth-order valence-electron chi connectivity index (χ4n) is 3.87. The number of thiazole rings is 1. The quantitative estimate of drug-likeness (QED) is 0.458. The summed E-state index contributed by atoms with van der Waals surface area (Å²) >= 11 is 7.29. The molecule has 1 aliphatic heterocycles. The number of ether oxygens (including phenoxy) is 2. The van der Waals surface area contributed by atoms with E-state index in [1.807, 2.05) is 19.1 Å². The summed E-state index contributed by atoms with van der Waals surface area (Å²) in [5, 5.41) is 0.191. The number of esters is 1. The van der Waals surface area contributed by atoms with Gasteiger partial charge in [0.25, 0.3) is 5.56 Å². The van der Waals surface area contributed by atoms with Crippen LogP contribution in [0.4, 0.5) is 4.39 Å². The lowest BCUT2D eigenvalue weighted by Gasteiger charge is -2.25. The molecule has 1 atom stereocenters. The largest absolute Gasteiger partial charge is 0.494 e. The second-order valence-electron chi connectivity index (χ2n) is 8.17. The minimum Gasteiger partial charge on any atom is -0.494 e. The normalized spacial score (nSPS) is 15.7. The number of benzene rings is 2. The number of halogens is 2. The van der Waals surface area contributed by atoms with Gasteiger partial charge in [-0.2, -0.15) is 0 Å². The van der Waals surface area contributed by atoms with Crippen molar-refractivity contribution in [3.8, 4) is 5.75 Å². The van der Waals surface area contributed by atoms with Crippen LogP contribution in [0.3, 0.4) is 0 Å². The fraction of sp³-hybridized carbons (Fsp3) is 0.269. The monoisotopic (exact) mass is 514 g/mol. The second-order valence-corrected chi connectivity index (χ2v) is 9.59. The molecule has 0 amide bonds. The lowest BCUT2D eigenvalue weighted by atomic mass is 9.96. The highest BCUT2D eigenvalue weighted by atomic mass is 35.5. The van der Waals surface area contributed by atoms with Crippen LogP contribution in [0, 0.1) is 5.82 Å². The lowest BCUT2D eigenvalue weighted by Crippen LogP contribution is -2.40. The van der Waals surface area contributed by atoms with Crippen LogP contribution in [0.25, 0.3) is 6.08 Å². The molecular weight excluding hydrogens is 491 g/mol. The van der Waals surface area contributed by atoms with E-state index in [1.54, 1.807) is 39.0 Å². The van der Waals surface area contributed by atoms with Crippen LogP contribution in [0.15, 0.2) is 63.5 Å². The smallest absolute Gasteiger partial charge is 0.338 e. The van der Waals surface area contributed by atoms with Crippen LogP contribution in [-0.4, -0.2) is 23.2 Å². The third kappa shape index (κ3) is 4.94. The van der Waals surface area contributed by atoms with Gasteiger partial charge in [0, 0.05) is 5.56 Å². The van der Waals surface area contributed by atoms with E-state index in [0.29, 0.717) is 28.4 Å². The number of allylic oxidation sites excluding steroid dienone is 1. The third-order valence-corrected chi connectivity index (χ3v) is 6.68. The summed E-state index contributed by atoms with van der Waals surface area (Å²) < 4.78 is 27.2. The number of hydrogen-bond donors (Lipinski definition) is 0. The number of fused-ring (bicyclic) bond motifs is 1. The Bertz CT molecular complexity index is 1470. The van der Waals surface area contributed by atoms with Gasteiger partial charge >= 0.3 is 5.97 Å². The maximum atomic E-state index is 14.4. The van der Waals surface area contributed by atoms with Crippen molar-refractivity contribution in [3.05, 3.63) is 95.4 Å². The minimum absolute atomic E-state index is 0.118. The predicted molar refractivity (Wildman–Crippen MR) is 134 cm³/mol. The Morgan fingerprint density at radius 2 is 1.97 bits per heavy atom. The topological polar surface area (TPSA) is 69.9 Å². The van der Waals surface area contributed by atoms with Gasteiger partial charge in [0.2, 0.25) is 0 Å². The van der Waals surface area contributed by atoms with Gasteiger partial charge in [-0.1, -0.05) is 41.1 Å². The molecule has 0 saturated heterocycles. The Balaban J connectivity index is 1.94. The second kappa shape index (κ2) is 10.2. The number of carbonyl (C=O) groups excluding carboxylic acids is 1. The summed E-state index contributed by atoms with van der Waals surface area (Å²) in [5.41, 5.74) is 1.12. The summed E-state index contributed by atoms with van der Waals surface area (Å²) in [6, 6.07) is 10.7. The van der Waals surface area contributed by atoms with Crippen molar-refractivity contribution < 1.29 is 18.7 Å². The number of carbonyl (C=O) groups is 1. The zero-order valence-electron chi connectivity index (χ0n) is 19.7. The van der Waals surface area contributed by atoms with Gasteiger partial charge in [0.1, 0.15) is 11.6 Å². The lowest BCUT2D eigenvalue weighted by molar-refractivity contribution is -0.143. The maximum absolute atomic E-state index is 14.4. The molecular formula is C26H24ClFN2O4S. The van der Waals surface area contributed by atoms with Crippen molar-refractivity contribution in [2.75, 3.05) is 6.61 Å². The fourth-order valence-corrected chi connectivity index (χ4v) is 5.11. The van der Waals surface area contributed by atoms with Gasteiger partial charge in [-0.25, -0.2) is 14.2 Å². The van der Waals surface area contributed by atoms with Crippen molar-refractivity contribution in [1.29, 1.82) is 0 Å². The van der Waals surface area contributed by atoms with Crippen LogP contribution in [0.5, 0.6) is 5.75 Å². The molecule has 35 heavy (non-hydrogen) atoms. The first-order chi connectivity index (χ1) is 16.7. The van der Waals surface area contributed by atoms with Gasteiger partial charge < -0.3 is 9.47 Å². The number of nitrogens with zero attached hydrogens (tertiary/aromatic N) is 2. The van der Waals surface area contributed by atoms with E-state index in [1.165, 1.54) is 22.8 Å². The van der Waals surface area contributed by atoms with Crippen molar-refractivity contribution in [2.24, 2.45) is 4.99 Å². The highest BCUT2D eigenvalue weighted by Crippen LogP contribution is 2.32. The average Bonchev–Trinajstić information content (AvgIpc) is 3.10. The molecule has 1 aromatic heterocycles. The molecule has 182 valence electrons.